The van der Waals surface area contributed by atoms with Crippen LogP contribution < -0.4 is 15.1 Å². The number of rotatable bonds is 6. The number of ether oxygens (including phenoxy) is 1. The molecular weight excluding hydrogens is 544 g/mol. The summed E-state index contributed by atoms with van der Waals surface area (Å²) in [5.41, 5.74) is 2.88. The summed E-state index contributed by atoms with van der Waals surface area (Å²) >= 11 is 0. The topological polar surface area (TPSA) is 118 Å². The number of hydrogen-bond acceptors (Lipinski definition) is 8. The Morgan fingerprint density at radius 2 is 1.84 bits per heavy atom. The molecule has 0 saturated carbocycles. The molecule has 2 aliphatic heterocycles. The Labute approximate surface area is 250 Å². The molecule has 3 aromatic heterocycles. The summed E-state index contributed by atoms with van der Waals surface area (Å²) in [5.74, 6) is 2.41. The van der Waals surface area contributed by atoms with E-state index < -0.39 is 11.7 Å². The van der Waals surface area contributed by atoms with Crippen molar-refractivity contribution in [3.63, 3.8) is 0 Å². The highest BCUT2D eigenvalue weighted by Gasteiger charge is 2.35. The molecule has 1 N–H and O–H groups in total. The summed E-state index contributed by atoms with van der Waals surface area (Å²) in [6.45, 7) is 10.8. The van der Waals surface area contributed by atoms with Crippen LogP contribution in [0.5, 0.6) is 0 Å². The van der Waals surface area contributed by atoms with Crippen molar-refractivity contribution in [3.8, 4) is 17.2 Å². The zero-order valence-electron chi connectivity index (χ0n) is 25.2. The molecule has 2 aliphatic rings. The van der Waals surface area contributed by atoms with Gasteiger partial charge in [-0.3, -0.25) is 14.3 Å². The molecule has 1 fully saturated rings. The molecule has 1 unspecified atom stereocenters. The lowest BCUT2D eigenvalue weighted by Crippen LogP contribution is -2.33. The molecule has 4 aromatic rings. The molecule has 43 heavy (non-hydrogen) atoms. The van der Waals surface area contributed by atoms with E-state index >= 15 is 0 Å². The molecule has 1 saturated heterocycles. The molecule has 0 bridgehead atoms. The van der Waals surface area contributed by atoms with Gasteiger partial charge in [-0.15, -0.1) is 10.2 Å². The molecule has 6 rings (SSSR count). The van der Waals surface area contributed by atoms with E-state index in [4.69, 9.17) is 14.7 Å². The van der Waals surface area contributed by atoms with E-state index in [2.05, 4.69) is 27.3 Å². The first-order valence-electron chi connectivity index (χ1n) is 14.6. The van der Waals surface area contributed by atoms with Crippen LogP contribution in [0, 0.1) is 6.92 Å². The van der Waals surface area contributed by atoms with Gasteiger partial charge in [-0.1, -0.05) is 24.3 Å². The highest BCUT2D eigenvalue weighted by Crippen LogP contribution is 2.34. The molecule has 1 aromatic carbocycles. The number of fused-ring (bicyclic) bond motifs is 1. The van der Waals surface area contributed by atoms with E-state index in [1.54, 1.807) is 4.90 Å². The summed E-state index contributed by atoms with van der Waals surface area (Å²) in [6.07, 6.45) is 1.60. The SMILES string of the molecule is Cc1nnc(-c2cccc(N3Cc4c(cc(N5CCCC5C)nc4CNC(=O)OC(C)(C)C)C3=O)n2)n1-c1ccccc1. The van der Waals surface area contributed by atoms with Gasteiger partial charge < -0.3 is 15.0 Å². The maximum atomic E-state index is 14.0. The minimum Gasteiger partial charge on any atom is -0.444 e. The number of anilines is 2. The van der Waals surface area contributed by atoms with E-state index in [1.807, 2.05) is 86.9 Å². The van der Waals surface area contributed by atoms with Crippen molar-refractivity contribution in [1.82, 2.24) is 30.0 Å². The summed E-state index contributed by atoms with van der Waals surface area (Å²) in [6, 6.07) is 17.6. The molecule has 1 atom stereocenters. The van der Waals surface area contributed by atoms with Gasteiger partial charge in [-0.2, -0.15) is 0 Å². The molecular formula is C32H36N8O3. The Balaban J connectivity index is 1.34. The molecule has 11 nitrogen and oxygen atoms in total. The van der Waals surface area contributed by atoms with Gasteiger partial charge >= 0.3 is 6.09 Å². The Bertz CT molecular complexity index is 1680. The van der Waals surface area contributed by atoms with Gasteiger partial charge in [0.2, 0.25) is 0 Å². The fourth-order valence-corrected chi connectivity index (χ4v) is 5.69. The summed E-state index contributed by atoms with van der Waals surface area (Å²) in [5, 5.41) is 11.5. The third kappa shape index (κ3) is 5.67. The summed E-state index contributed by atoms with van der Waals surface area (Å²) < 4.78 is 7.39. The van der Waals surface area contributed by atoms with Crippen LogP contribution in [0.3, 0.4) is 0 Å². The second-order valence-corrected chi connectivity index (χ2v) is 12.0. The second-order valence-electron chi connectivity index (χ2n) is 12.0. The van der Waals surface area contributed by atoms with E-state index in [9.17, 15) is 9.59 Å². The first kappa shape index (κ1) is 28.3. The van der Waals surface area contributed by atoms with E-state index in [0.717, 1.165) is 42.3 Å². The number of carbonyl (C=O) groups is 2. The zero-order chi connectivity index (χ0) is 30.3. The smallest absolute Gasteiger partial charge is 0.407 e. The first-order chi connectivity index (χ1) is 20.6. The number of aromatic nitrogens is 5. The number of aryl methyl sites for hydroxylation is 1. The Kier molecular flexibility index (Phi) is 7.33. The van der Waals surface area contributed by atoms with Crippen LogP contribution in [0.4, 0.5) is 16.4 Å². The van der Waals surface area contributed by atoms with Gasteiger partial charge in [0.15, 0.2) is 5.82 Å². The van der Waals surface area contributed by atoms with Gasteiger partial charge in [0.25, 0.3) is 5.91 Å². The van der Waals surface area contributed by atoms with Gasteiger partial charge in [0, 0.05) is 23.8 Å². The Morgan fingerprint density at radius 3 is 2.56 bits per heavy atom. The maximum absolute atomic E-state index is 14.0. The Morgan fingerprint density at radius 1 is 1.05 bits per heavy atom. The molecule has 0 aliphatic carbocycles. The second kappa shape index (κ2) is 11.1. The van der Waals surface area contributed by atoms with Crippen molar-refractivity contribution in [2.45, 2.75) is 72.2 Å². The highest BCUT2D eigenvalue weighted by atomic mass is 16.6. The van der Waals surface area contributed by atoms with Crippen LogP contribution in [0.25, 0.3) is 17.2 Å². The molecule has 222 valence electrons. The zero-order valence-corrected chi connectivity index (χ0v) is 25.2. The van der Waals surface area contributed by atoms with Crippen LogP contribution in [0.1, 0.15) is 68.0 Å². The molecule has 11 heteroatoms. The van der Waals surface area contributed by atoms with Gasteiger partial charge in [0.1, 0.15) is 28.8 Å². The predicted octanol–water partition coefficient (Wildman–Crippen LogP) is 5.21. The fraction of sp³-hybridized carbons (Fsp3) is 0.375. The number of benzene rings is 1. The monoisotopic (exact) mass is 580 g/mol. The van der Waals surface area contributed by atoms with Crippen molar-refractivity contribution in [2.24, 2.45) is 0 Å². The van der Waals surface area contributed by atoms with Gasteiger partial charge in [-0.25, -0.2) is 14.8 Å². The lowest BCUT2D eigenvalue weighted by Gasteiger charge is -2.24. The van der Waals surface area contributed by atoms with Crippen molar-refractivity contribution < 1.29 is 14.3 Å². The minimum absolute atomic E-state index is 0.140. The van der Waals surface area contributed by atoms with Crippen molar-refractivity contribution in [3.05, 3.63) is 77.2 Å². The lowest BCUT2D eigenvalue weighted by molar-refractivity contribution is 0.0522. The summed E-state index contributed by atoms with van der Waals surface area (Å²) in [4.78, 5) is 40.2. The number of nitrogens with zero attached hydrogens (tertiary/aromatic N) is 7. The van der Waals surface area contributed by atoms with Crippen LogP contribution in [0.2, 0.25) is 0 Å². The van der Waals surface area contributed by atoms with Crippen LogP contribution in [-0.4, -0.2) is 54.9 Å². The van der Waals surface area contributed by atoms with Crippen LogP contribution in [0.15, 0.2) is 54.6 Å². The summed E-state index contributed by atoms with van der Waals surface area (Å²) in [7, 11) is 0. The number of amides is 2. The largest absolute Gasteiger partial charge is 0.444 e. The third-order valence-corrected chi connectivity index (χ3v) is 7.71. The van der Waals surface area contributed by atoms with Crippen molar-refractivity contribution >= 4 is 23.6 Å². The Hall–Kier alpha value is -4.80. The molecule has 0 radical (unpaired) electrons. The lowest BCUT2D eigenvalue weighted by atomic mass is 10.1. The molecule has 2 amide bonds. The number of alkyl carbamates (subject to hydrolysis) is 1. The molecule has 5 heterocycles. The maximum Gasteiger partial charge on any atom is 0.407 e. The normalized spacial score (nSPS) is 16.5. The van der Waals surface area contributed by atoms with Crippen LogP contribution >= 0.6 is 0 Å². The molecule has 0 spiro atoms. The standard InChI is InChI=1S/C32H36N8O3/c1-20-11-10-16-38(20)28-17-23-24(26(35-28)18-33-31(42)43-32(3,4)5)19-39(30(23)41)27-15-9-14-25(34-27)29-37-36-21(2)40(29)22-12-7-6-8-13-22/h6-9,12-15,17,20H,10-11,16,18-19H2,1-5H3,(H,33,42). The third-order valence-electron chi connectivity index (χ3n) is 7.71. The highest BCUT2D eigenvalue weighted by molar-refractivity contribution is 6.10. The average Bonchev–Trinajstić information content (AvgIpc) is 3.68. The number of carbonyl (C=O) groups excluding carboxylic acids is 2. The van der Waals surface area contributed by atoms with E-state index in [1.165, 1.54) is 0 Å². The minimum atomic E-state index is -0.626. The first-order valence-corrected chi connectivity index (χ1v) is 14.6. The fourth-order valence-electron chi connectivity index (χ4n) is 5.69. The van der Waals surface area contributed by atoms with Crippen LogP contribution in [-0.2, 0) is 17.8 Å². The van der Waals surface area contributed by atoms with E-state index in [-0.39, 0.29) is 19.0 Å². The van der Waals surface area contributed by atoms with E-state index in [0.29, 0.717) is 34.6 Å². The van der Waals surface area contributed by atoms with Gasteiger partial charge in [0.05, 0.1) is 24.3 Å². The number of pyridine rings is 2. The number of nitrogens with one attached hydrogen (secondary N) is 1. The number of hydrogen-bond donors (Lipinski definition) is 1. The predicted molar refractivity (Wildman–Crippen MR) is 163 cm³/mol. The van der Waals surface area contributed by atoms with Crippen molar-refractivity contribution in [1.29, 1.82) is 0 Å². The van der Waals surface area contributed by atoms with Crippen molar-refractivity contribution in [2.75, 3.05) is 16.3 Å². The average molecular weight is 581 g/mol. The quantitative estimate of drug-likeness (QED) is 0.330. The van der Waals surface area contributed by atoms with Gasteiger partial charge in [-0.05, 0) is 77.8 Å². The number of para-hydroxylation sites is 1.